The maximum absolute atomic E-state index is 13.9. The minimum Gasteiger partial charge on any atom is -0.390 e. The van der Waals surface area contributed by atoms with Crippen molar-refractivity contribution in [1.29, 1.82) is 0 Å². The number of hydrogen-bond donors (Lipinski definition) is 2. The highest BCUT2D eigenvalue weighted by Gasteiger charge is 2.35. The molecule has 5 rings (SSSR count). The molecule has 1 fully saturated rings. The molecule has 1 saturated heterocycles. The van der Waals surface area contributed by atoms with Gasteiger partial charge in [-0.1, -0.05) is 36.8 Å². The first kappa shape index (κ1) is 27.4. The van der Waals surface area contributed by atoms with Crippen LogP contribution in [0.3, 0.4) is 0 Å². The van der Waals surface area contributed by atoms with E-state index in [1.54, 1.807) is 36.4 Å². The van der Waals surface area contributed by atoms with Crippen LogP contribution in [0.25, 0.3) is 11.3 Å². The maximum atomic E-state index is 13.9. The molecule has 0 radical (unpaired) electrons. The van der Waals surface area contributed by atoms with Gasteiger partial charge in [-0.3, -0.25) is 9.62 Å². The first-order valence-electron chi connectivity index (χ1n) is 12.9. The summed E-state index contributed by atoms with van der Waals surface area (Å²) in [5, 5.41) is 9.35. The zero-order valence-electron chi connectivity index (χ0n) is 21.2. The lowest BCUT2D eigenvalue weighted by Gasteiger charge is -2.37. The Bertz CT molecular complexity index is 1430. The zero-order chi connectivity index (χ0) is 27.6. The maximum Gasteiger partial charge on any atom is 0.418 e. The zero-order valence-corrected chi connectivity index (χ0v) is 22.0. The molecule has 0 spiro atoms. The topological polar surface area (TPSA) is 98.7 Å². The predicted molar refractivity (Wildman–Crippen MR) is 142 cm³/mol. The number of halogens is 3. The second kappa shape index (κ2) is 11.1. The number of nitrogens with one attached hydrogen (secondary N) is 1. The number of hydrogen-bond acceptors (Lipinski definition) is 7. The second-order valence-corrected chi connectivity index (χ2v) is 11.5. The van der Waals surface area contributed by atoms with Crippen LogP contribution in [-0.4, -0.2) is 67.2 Å². The first-order valence-corrected chi connectivity index (χ1v) is 14.4. The molecule has 0 atom stereocenters. The van der Waals surface area contributed by atoms with Crippen molar-refractivity contribution >= 4 is 21.7 Å². The van der Waals surface area contributed by atoms with E-state index >= 15 is 0 Å². The van der Waals surface area contributed by atoms with Crippen molar-refractivity contribution in [3.05, 3.63) is 65.7 Å². The van der Waals surface area contributed by atoms with Gasteiger partial charge in [-0.05, 0) is 49.1 Å². The monoisotopic (exact) mass is 561 g/mol. The molecule has 2 aliphatic heterocycles. The van der Waals surface area contributed by atoms with Gasteiger partial charge in [0.05, 0.1) is 17.4 Å². The molecule has 12 heteroatoms. The normalized spacial score (nSPS) is 18.6. The first-order chi connectivity index (χ1) is 18.6. The molecule has 0 saturated carbocycles. The van der Waals surface area contributed by atoms with E-state index in [4.69, 9.17) is 0 Å². The summed E-state index contributed by atoms with van der Waals surface area (Å²) >= 11 is 0. The number of aromatic nitrogens is 2. The SMILES string of the molecule is O=S1(=O)Nc2ccc(C(F)(F)F)c(n2)-c2ccccc2CCCCCN(CCN2CC(O)C2)c2cccc1n2. The van der Waals surface area contributed by atoms with Crippen LogP contribution >= 0.6 is 0 Å². The third-order valence-electron chi connectivity index (χ3n) is 7.02. The minimum absolute atomic E-state index is 0.222. The number of aliphatic hydroxyl groups excluding tert-OH is 1. The average Bonchev–Trinajstić information content (AvgIpc) is 2.88. The fourth-order valence-corrected chi connectivity index (χ4v) is 5.93. The summed E-state index contributed by atoms with van der Waals surface area (Å²) in [6.45, 7) is 3.19. The molecule has 208 valence electrons. The second-order valence-electron chi connectivity index (χ2n) is 9.90. The largest absolute Gasteiger partial charge is 0.418 e. The van der Waals surface area contributed by atoms with Gasteiger partial charge < -0.3 is 10.0 Å². The molecule has 2 aromatic heterocycles. The highest BCUT2D eigenvalue weighted by Crippen LogP contribution is 2.38. The molecular weight excluding hydrogens is 531 g/mol. The van der Waals surface area contributed by atoms with E-state index in [1.165, 1.54) is 6.07 Å². The Morgan fingerprint density at radius 1 is 0.949 bits per heavy atom. The molecule has 2 N–H and O–H groups in total. The van der Waals surface area contributed by atoms with Crippen LogP contribution in [0, 0.1) is 0 Å². The van der Waals surface area contributed by atoms with Crippen molar-refractivity contribution in [2.45, 2.75) is 43.0 Å². The number of sulfonamides is 1. The lowest BCUT2D eigenvalue weighted by Crippen LogP contribution is -2.53. The van der Waals surface area contributed by atoms with Crippen molar-refractivity contribution in [2.75, 3.05) is 42.3 Å². The molecule has 8 nitrogen and oxygen atoms in total. The Morgan fingerprint density at radius 2 is 1.74 bits per heavy atom. The van der Waals surface area contributed by atoms with Gasteiger partial charge in [0.25, 0.3) is 10.0 Å². The number of likely N-dealkylation sites (tertiary alicyclic amines) is 1. The molecular formula is C27H30F3N5O3S. The van der Waals surface area contributed by atoms with Crippen LogP contribution in [0.2, 0.25) is 0 Å². The number of anilines is 2. The molecule has 4 bridgehead atoms. The molecule has 4 heterocycles. The summed E-state index contributed by atoms with van der Waals surface area (Å²) in [6, 6.07) is 13.4. The number of aryl methyl sites for hydroxylation is 1. The van der Waals surface area contributed by atoms with Crippen molar-refractivity contribution < 1.29 is 26.7 Å². The summed E-state index contributed by atoms with van der Waals surface area (Å²) in [5.41, 5.74) is -0.182. The van der Waals surface area contributed by atoms with Crippen molar-refractivity contribution in [3.63, 3.8) is 0 Å². The van der Waals surface area contributed by atoms with Crippen LogP contribution < -0.4 is 9.62 Å². The van der Waals surface area contributed by atoms with E-state index in [0.29, 0.717) is 50.5 Å². The Labute approximate surface area is 225 Å². The van der Waals surface area contributed by atoms with E-state index < -0.39 is 21.8 Å². The Morgan fingerprint density at radius 3 is 2.51 bits per heavy atom. The number of alkyl halides is 3. The van der Waals surface area contributed by atoms with Gasteiger partial charge in [0.15, 0.2) is 5.03 Å². The molecule has 0 unspecified atom stereocenters. The fraction of sp³-hybridized carbons (Fsp3) is 0.407. The quantitative estimate of drug-likeness (QED) is 0.495. The predicted octanol–water partition coefficient (Wildman–Crippen LogP) is 4.17. The highest BCUT2D eigenvalue weighted by molar-refractivity contribution is 7.92. The molecule has 1 aromatic carbocycles. The molecule has 3 aromatic rings. The Kier molecular flexibility index (Phi) is 7.79. The summed E-state index contributed by atoms with van der Waals surface area (Å²) in [4.78, 5) is 12.7. The minimum atomic E-state index is -4.67. The smallest absolute Gasteiger partial charge is 0.390 e. The van der Waals surface area contributed by atoms with Gasteiger partial charge in [0, 0.05) is 38.3 Å². The number of nitrogens with zero attached hydrogens (tertiary/aromatic N) is 4. The van der Waals surface area contributed by atoms with Crippen LogP contribution in [0.4, 0.5) is 24.8 Å². The number of rotatable bonds is 3. The van der Waals surface area contributed by atoms with E-state index in [2.05, 4.69) is 19.6 Å². The van der Waals surface area contributed by atoms with Gasteiger partial charge in [-0.15, -0.1) is 0 Å². The number of pyridine rings is 2. The summed E-state index contributed by atoms with van der Waals surface area (Å²) < 4.78 is 70.7. The van der Waals surface area contributed by atoms with Crippen LogP contribution in [0.5, 0.6) is 0 Å². The van der Waals surface area contributed by atoms with E-state index in [-0.39, 0.29) is 22.6 Å². The van der Waals surface area contributed by atoms with Gasteiger partial charge in [-0.2, -0.15) is 21.6 Å². The van der Waals surface area contributed by atoms with Crippen LogP contribution in [0.1, 0.15) is 30.4 Å². The van der Waals surface area contributed by atoms with Gasteiger partial charge >= 0.3 is 6.18 Å². The van der Waals surface area contributed by atoms with Gasteiger partial charge in [0.2, 0.25) is 0 Å². The molecule has 2 aliphatic rings. The lowest BCUT2D eigenvalue weighted by molar-refractivity contribution is -0.137. The summed E-state index contributed by atoms with van der Waals surface area (Å²) in [7, 11) is -4.24. The van der Waals surface area contributed by atoms with Gasteiger partial charge in [-0.25, -0.2) is 9.97 Å². The number of benzene rings is 1. The summed E-state index contributed by atoms with van der Waals surface area (Å²) in [6.07, 6.45) is -2.03. The third kappa shape index (κ3) is 6.34. The number of fused-ring (bicyclic) bond motifs is 6. The van der Waals surface area contributed by atoms with E-state index in [0.717, 1.165) is 37.0 Å². The van der Waals surface area contributed by atoms with Crippen molar-refractivity contribution in [2.24, 2.45) is 0 Å². The standard InChI is InChI=1S/C27H30F3N5O3S/c28-27(29,30)22-12-13-23-31-26(22)21-9-4-3-8-19(21)7-2-1-5-14-35(16-15-34-17-20(36)18-34)24-10-6-11-25(32-24)39(37,38)33-23/h3-4,6,8-13,20,36H,1-2,5,7,14-18H2,(H,31,33). The average molecular weight is 562 g/mol. The van der Waals surface area contributed by atoms with Gasteiger partial charge in [0.1, 0.15) is 11.6 Å². The molecule has 0 amide bonds. The molecule has 39 heavy (non-hydrogen) atoms. The molecule has 0 aliphatic carbocycles. The van der Waals surface area contributed by atoms with E-state index in [1.807, 2.05) is 4.90 Å². The van der Waals surface area contributed by atoms with Crippen molar-refractivity contribution in [3.8, 4) is 11.3 Å². The van der Waals surface area contributed by atoms with Crippen molar-refractivity contribution in [1.82, 2.24) is 14.9 Å². The van der Waals surface area contributed by atoms with E-state index in [9.17, 15) is 26.7 Å². The fourth-order valence-electron chi connectivity index (χ4n) is 4.96. The lowest BCUT2D eigenvalue weighted by atomic mass is 9.96. The Hall–Kier alpha value is -3.22. The van der Waals surface area contributed by atoms with Crippen LogP contribution in [0.15, 0.2) is 59.6 Å². The highest BCUT2D eigenvalue weighted by atomic mass is 32.2. The van der Waals surface area contributed by atoms with Crippen LogP contribution in [-0.2, 0) is 22.6 Å². The number of aliphatic hydroxyl groups is 1. The summed E-state index contributed by atoms with van der Waals surface area (Å²) in [5.74, 6) is 0.276. The third-order valence-corrected chi connectivity index (χ3v) is 8.27. The Balaban J connectivity index is 1.53. The number of β-amino-alcohol motifs (C(OH)–C–C–N with tert-alkyl or cyclic N) is 1.